The summed E-state index contributed by atoms with van der Waals surface area (Å²) >= 11 is 0. The third kappa shape index (κ3) is 3.93. The number of nitrogens with zero attached hydrogens (tertiary/aromatic N) is 3. The van der Waals surface area contributed by atoms with Crippen LogP contribution >= 0.6 is 0 Å². The van der Waals surface area contributed by atoms with E-state index in [2.05, 4.69) is 17.0 Å². The summed E-state index contributed by atoms with van der Waals surface area (Å²) in [6, 6.07) is 1.97. The molecule has 3 rings (SSSR count). The molecule has 2 aliphatic heterocycles. The van der Waals surface area contributed by atoms with Gasteiger partial charge in [0.25, 0.3) is 0 Å². The Bertz CT molecular complexity index is 523. The highest BCUT2D eigenvalue weighted by molar-refractivity contribution is 5.79. The third-order valence-corrected chi connectivity index (χ3v) is 4.90. The van der Waals surface area contributed by atoms with E-state index in [1.54, 1.807) is 0 Å². The highest BCUT2D eigenvalue weighted by Crippen LogP contribution is 2.25. The summed E-state index contributed by atoms with van der Waals surface area (Å²) in [6.45, 7) is 8.96. The van der Waals surface area contributed by atoms with Crippen molar-refractivity contribution in [3.63, 3.8) is 0 Å². The zero-order valence-electron chi connectivity index (χ0n) is 14.2. The van der Waals surface area contributed by atoms with Gasteiger partial charge in [-0.05, 0) is 26.2 Å². The molecule has 3 heterocycles. The first-order valence-electron chi connectivity index (χ1n) is 8.72. The van der Waals surface area contributed by atoms with Crippen molar-refractivity contribution in [1.29, 1.82) is 0 Å². The average Bonchev–Trinajstić information content (AvgIpc) is 3.00. The molecule has 6 nitrogen and oxygen atoms in total. The maximum absolute atomic E-state index is 12.8. The number of rotatable bonds is 4. The second kappa shape index (κ2) is 7.45. The van der Waals surface area contributed by atoms with Crippen LogP contribution < -0.4 is 0 Å². The quantitative estimate of drug-likeness (QED) is 0.847. The fourth-order valence-corrected chi connectivity index (χ4v) is 3.60. The molecule has 2 fully saturated rings. The van der Waals surface area contributed by atoms with Gasteiger partial charge in [0.1, 0.15) is 0 Å². The number of hydrogen-bond donors (Lipinski definition) is 0. The largest absolute Gasteiger partial charge is 0.377 e. The number of piperazine rings is 1. The Balaban J connectivity index is 1.50. The molecule has 1 aromatic heterocycles. The maximum Gasteiger partial charge on any atom is 0.228 e. The molecule has 0 saturated carbocycles. The number of carbonyl (C=O) groups excluding carboxylic acids is 1. The molecule has 0 aromatic carbocycles. The van der Waals surface area contributed by atoms with Gasteiger partial charge in [0.15, 0.2) is 5.76 Å². The van der Waals surface area contributed by atoms with Crippen LogP contribution in [-0.4, -0.2) is 59.8 Å². The fraction of sp³-hybridized carbons (Fsp3) is 0.765. The van der Waals surface area contributed by atoms with Gasteiger partial charge in [-0.25, -0.2) is 0 Å². The highest BCUT2D eigenvalue weighted by atomic mass is 16.5. The summed E-state index contributed by atoms with van der Waals surface area (Å²) in [4.78, 5) is 17.1. The van der Waals surface area contributed by atoms with Crippen LogP contribution in [0.25, 0.3) is 0 Å². The van der Waals surface area contributed by atoms with Gasteiger partial charge in [-0.15, -0.1) is 0 Å². The van der Waals surface area contributed by atoms with Crippen LogP contribution in [0.4, 0.5) is 0 Å². The minimum Gasteiger partial charge on any atom is -0.377 e. The standard InChI is InChI=1S/C17H27N3O3/c1-3-16-15(5-4-10-22-16)17(21)20-8-6-19(7-9-20)12-14-11-13(2)18-23-14/h11,15-16H,3-10,12H2,1-2H3/t15-,16-/m1/s1. The number of carbonyl (C=O) groups is 1. The van der Waals surface area contributed by atoms with E-state index in [9.17, 15) is 4.79 Å². The van der Waals surface area contributed by atoms with Crippen LogP contribution in [0.15, 0.2) is 10.6 Å². The number of aromatic nitrogens is 1. The third-order valence-electron chi connectivity index (χ3n) is 4.90. The molecular formula is C17H27N3O3. The second-order valence-corrected chi connectivity index (χ2v) is 6.60. The first-order chi connectivity index (χ1) is 11.2. The van der Waals surface area contributed by atoms with Gasteiger partial charge < -0.3 is 14.2 Å². The molecule has 23 heavy (non-hydrogen) atoms. The smallest absolute Gasteiger partial charge is 0.228 e. The van der Waals surface area contributed by atoms with Crippen LogP contribution in [0.5, 0.6) is 0 Å². The molecule has 0 aliphatic carbocycles. The molecule has 1 amide bonds. The SMILES string of the molecule is CC[C@H]1OCCC[C@H]1C(=O)N1CCN(Cc2cc(C)no2)CC1. The van der Waals surface area contributed by atoms with Crippen molar-refractivity contribution < 1.29 is 14.1 Å². The van der Waals surface area contributed by atoms with Crippen molar-refractivity contribution in [3.8, 4) is 0 Å². The van der Waals surface area contributed by atoms with Crippen LogP contribution in [0, 0.1) is 12.8 Å². The van der Waals surface area contributed by atoms with Crippen LogP contribution in [0.3, 0.4) is 0 Å². The first-order valence-corrected chi connectivity index (χ1v) is 8.72. The summed E-state index contributed by atoms with van der Waals surface area (Å²) in [5.74, 6) is 1.23. The molecule has 0 unspecified atom stereocenters. The lowest BCUT2D eigenvalue weighted by molar-refractivity contribution is -0.147. The van der Waals surface area contributed by atoms with E-state index in [1.165, 1.54) is 0 Å². The van der Waals surface area contributed by atoms with E-state index in [0.717, 1.165) is 70.0 Å². The number of ether oxygens (including phenoxy) is 1. The summed E-state index contributed by atoms with van der Waals surface area (Å²) in [6.07, 6.45) is 2.99. The number of hydrogen-bond acceptors (Lipinski definition) is 5. The zero-order valence-corrected chi connectivity index (χ0v) is 14.2. The summed E-state index contributed by atoms with van der Waals surface area (Å²) in [7, 11) is 0. The van der Waals surface area contributed by atoms with Gasteiger partial charge in [-0.2, -0.15) is 0 Å². The van der Waals surface area contributed by atoms with Gasteiger partial charge in [-0.1, -0.05) is 12.1 Å². The predicted molar refractivity (Wildman–Crippen MR) is 85.9 cm³/mol. The van der Waals surface area contributed by atoms with Crippen LogP contribution in [-0.2, 0) is 16.1 Å². The van der Waals surface area contributed by atoms with E-state index in [1.807, 2.05) is 17.9 Å². The van der Waals surface area contributed by atoms with Crippen molar-refractivity contribution in [2.45, 2.75) is 45.8 Å². The van der Waals surface area contributed by atoms with Gasteiger partial charge in [0.2, 0.25) is 5.91 Å². The maximum atomic E-state index is 12.8. The lowest BCUT2D eigenvalue weighted by Gasteiger charge is -2.38. The predicted octanol–water partition coefficient (Wildman–Crippen LogP) is 1.83. The summed E-state index contributed by atoms with van der Waals surface area (Å²) < 4.78 is 11.1. The van der Waals surface area contributed by atoms with E-state index < -0.39 is 0 Å². The highest BCUT2D eigenvalue weighted by Gasteiger charge is 2.34. The van der Waals surface area contributed by atoms with Crippen molar-refractivity contribution >= 4 is 5.91 Å². The molecule has 6 heteroatoms. The monoisotopic (exact) mass is 321 g/mol. The van der Waals surface area contributed by atoms with E-state index >= 15 is 0 Å². The number of amides is 1. The molecule has 0 N–H and O–H groups in total. The van der Waals surface area contributed by atoms with Crippen molar-refractivity contribution in [3.05, 3.63) is 17.5 Å². The summed E-state index contributed by atoms with van der Waals surface area (Å²) in [5.41, 5.74) is 0.914. The average molecular weight is 321 g/mol. The first kappa shape index (κ1) is 16.5. The van der Waals surface area contributed by atoms with Crippen molar-refractivity contribution in [2.24, 2.45) is 5.92 Å². The molecule has 2 aliphatic rings. The molecular weight excluding hydrogens is 294 g/mol. The Morgan fingerprint density at radius 1 is 1.35 bits per heavy atom. The topological polar surface area (TPSA) is 58.8 Å². The minimum absolute atomic E-state index is 0.0530. The van der Waals surface area contributed by atoms with Gasteiger partial charge >= 0.3 is 0 Å². The Morgan fingerprint density at radius 2 is 2.13 bits per heavy atom. The number of aryl methyl sites for hydroxylation is 1. The van der Waals surface area contributed by atoms with E-state index in [-0.39, 0.29) is 17.9 Å². The van der Waals surface area contributed by atoms with Crippen molar-refractivity contribution in [2.75, 3.05) is 32.8 Å². The molecule has 0 bridgehead atoms. The molecule has 1 aromatic rings. The molecule has 0 spiro atoms. The zero-order chi connectivity index (χ0) is 16.2. The molecule has 2 saturated heterocycles. The van der Waals surface area contributed by atoms with Crippen molar-refractivity contribution in [1.82, 2.24) is 15.0 Å². The van der Waals surface area contributed by atoms with E-state index in [4.69, 9.17) is 9.26 Å². The molecule has 0 radical (unpaired) electrons. The summed E-state index contributed by atoms with van der Waals surface area (Å²) in [5, 5.41) is 3.92. The lowest BCUT2D eigenvalue weighted by Crippen LogP contribution is -2.52. The van der Waals surface area contributed by atoms with Crippen LogP contribution in [0.2, 0.25) is 0 Å². The van der Waals surface area contributed by atoms with Gasteiger partial charge in [0.05, 0.1) is 24.3 Å². The Labute approximate surface area is 137 Å². The minimum atomic E-state index is 0.0530. The molecule has 128 valence electrons. The van der Waals surface area contributed by atoms with E-state index in [0.29, 0.717) is 0 Å². The van der Waals surface area contributed by atoms with Gasteiger partial charge in [0, 0.05) is 38.9 Å². The van der Waals surface area contributed by atoms with Gasteiger partial charge in [-0.3, -0.25) is 9.69 Å². The van der Waals surface area contributed by atoms with Crippen LogP contribution in [0.1, 0.15) is 37.6 Å². The Hall–Kier alpha value is -1.40. The molecule has 2 atom stereocenters. The Kier molecular flexibility index (Phi) is 5.33. The lowest BCUT2D eigenvalue weighted by atomic mass is 9.91. The Morgan fingerprint density at radius 3 is 2.78 bits per heavy atom. The fourth-order valence-electron chi connectivity index (χ4n) is 3.60. The normalized spacial score (nSPS) is 26.4. The second-order valence-electron chi connectivity index (χ2n) is 6.60.